The molecular formula is C19H18F4N4O3. The van der Waals surface area contributed by atoms with Gasteiger partial charge in [-0.3, -0.25) is 4.79 Å². The molecule has 11 heteroatoms. The molecule has 0 unspecified atom stereocenters. The number of halogens is 4. The molecule has 1 N–H and O–H groups in total. The normalized spacial score (nSPS) is 21.0. The van der Waals surface area contributed by atoms with Gasteiger partial charge >= 0.3 is 6.61 Å². The Bertz CT molecular complexity index is 903. The molecule has 2 fully saturated rings. The van der Waals surface area contributed by atoms with E-state index in [-0.39, 0.29) is 29.4 Å². The number of nitrogens with one attached hydrogen (secondary N) is 1. The van der Waals surface area contributed by atoms with Crippen molar-refractivity contribution in [2.24, 2.45) is 5.92 Å². The highest BCUT2D eigenvalue weighted by molar-refractivity contribution is 5.80. The highest BCUT2D eigenvalue weighted by Crippen LogP contribution is 2.36. The van der Waals surface area contributed by atoms with Crippen molar-refractivity contribution in [2.75, 3.05) is 18.0 Å². The maximum Gasteiger partial charge on any atom is 0.387 e. The molecule has 1 amide bonds. The van der Waals surface area contributed by atoms with Crippen LogP contribution in [0.5, 0.6) is 11.5 Å². The number of hydrogen-bond donors (Lipinski definition) is 1. The molecule has 1 aliphatic heterocycles. The molecule has 1 aliphatic carbocycles. The zero-order chi connectivity index (χ0) is 21.3. The number of ether oxygens (including phenoxy) is 2. The number of hydrogen-bond acceptors (Lipinski definition) is 6. The summed E-state index contributed by atoms with van der Waals surface area (Å²) in [5.74, 6) is -1.54. The van der Waals surface area contributed by atoms with E-state index in [2.05, 4.69) is 20.0 Å². The number of aromatic nitrogens is 2. The first-order valence-corrected chi connectivity index (χ1v) is 9.31. The summed E-state index contributed by atoms with van der Waals surface area (Å²) in [7, 11) is 0. The molecule has 4 rings (SSSR count). The standard InChI is InChI=1S/C19H18F4N4O3/c20-11-1-2-15(30-18(22)23)16(5-11)29-14-3-10(4-14)17(28)26-13-8-27(9-13)19-24-6-12(21)7-25-19/h1-2,5-7,10,13-14,18H,3-4,8-9H2,(H,26,28). The maximum absolute atomic E-state index is 13.4. The van der Waals surface area contributed by atoms with E-state index >= 15 is 0 Å². The molecule has 2 aliphatic rings. The van der Waals surface area contributed by atoms with Crippen molar-refractivity contribution in [3.63, 3.8) is 0 Å². The third-order valence-corrected chi connectivity index (χ3v) is 5.00. The van der Waals surface area contributed by atoms with Gasteiger partial charge in [0, 0.05) is 25.1 Å². The van der Waals surface area contributed by atoms with Crippen LogP contribution in [0, 0.1) is 17.6 Å². The summed E-state index contributed by atoms with van der Waals surface area (Å²) in [6.45, 7) is -2.02. The van der Waals surface area contributed by atoms with Gasteiger partial charge in [0.05, 0.1) is 18.4 Å². The van der Waals surface area contributed by atoms with Gasteiger partial charge in [-0.25, -0.2) is 18.7 Å². The van der Waals surface area contributed by atoms with Gasteiger partial charge in [0.15, 0.2) is 17.3 Å². The number of amides is 1. The smallest absolute Gasteiger partial charge is 0.387 e. The van der Waals surface area contributed by atoms with Crippen molar-refractivity contribution >= 4 is 11.9 Å². The fourth-order valence-corrected chi connectivity index (χ4v) is 3.34. The number of nitrogens with zero attached hydrogens (tertiary/aromatic N) is 3. The van der Waals surface area contributed by atoms with Gasteiger partial charge in [-0.2, -0.15) is 8.78 Å². The molecule has 2 aromatic rings. The highest BCUT2D eigenvalue weighted by Gasteiger charge is 2.39. The van der Waals surface area contributed by atoms with Crippen molar-refractivity contribution < 1.29 is 31.8 Å². The first-order chi connectivity index (χ1) is 14.4. The zero-order valence-electron chi connectivity index (χ0n) is 15.6. The lowest BCUT2D eigenvalue weighted by atomic mass is 9.81. The summed E-state index contributed by atoms with van der Waals surface area (Å²) in [6.07, 6.45) is 2.54. The molecular weight excluding hydrogens is 408 g/mol. The topological polar surface area (TPSA) is 76.6 Å². The van der Waals surface area contributed by atoms with Gasteiger partial charge < -0.3 is 19.7 Å². The van der Waals surface area contributed by atoms with E-state index in [1.54, 1.807) is 0 Å². The monoisotopic (exact) mass is 426 g/mol. The minimum atomic E-state index is -3.06. The van der Waals surface area contributed by atoms with Gasteiger partial charge in [-0.1, -0.05) is 0 Å². The van der Waals surface area contributed by atoms with Crippen molar-refractivity contribution in [2.45, 2.75) is 31.6 Å². The summed E-state index contributed by atoms with van der Waals surface area (Å²) < 4.78 is 61.1. The maximum atomic E-state index is 13.4. The van der Waals surface area contributed by atoms with Crippen LogP contribution in [0.25, 0.3) is 0 Å². The van der Waals surface area contributed by atoms with Gasteiger partial charge in [0.1, 0.15) is 11.9 Å². The van der Waals surface area contributed by atoms with Crippen LogP contribution in [0.15, 0.2) is 30.6 Å². The van der Waals surface area contributed by atoms with E-state index in [0.29, 0.717) is 31.9 Å². The fraction of sp³-hybridized carbons (Fsp3) is 0.421. The predicted molar refractivity (Wildman–Crippen MR) is 96.3 cm³/mol. The average Bonchev–Trinajstić information content (AvgIpc) is 2.63. The largest absolute Gasteiger partial charge is 0.486 e. The Morgan fingerprint density at radius 3 is 2.47 bits per heavy atom. The molecule has 1 saturated carbocycles. The van der Waals surface area contributed by atoms with E-state index in [1.165, 1.54) is 0 Å². The molecule has 0 bridgehead atoms. The summed E-state index contributed by atoms with van der Waals surface area (Å²) in [6, 6.07) is 2.99. The second kappa shape index (κ2) is 8.33. The van der Waals surface area contributed by atoms with Crippen LogP contribution >= 0.6 is 0 Å². The number of benzene rings is 1. The van der Waals surface area contributed by atoms with Gasteiger partial charge in [-0.15, -0.1) is 0 Å². The van der Waals surface area contributed by atoms with Crippen LogP contribution in [0.4, 0.5) is 23.5 Å². The summed E-state index contributed by atoms with van der Waals surface area (Å²) in [5.41, 5.74) is 0. The van der Waals surface area contributed by atoms with Crippen molar-refractivity contribution in [3.05, 3.63) is 42.2 Å². The molecule has 1 aromatic heterocycles. The molecule has 0 spiro atoms. The molecule has 7 nitrogen and oxygen atoms in total. The Morgan fingerprint density at radius 1 is 1.10 bits per heavy atom. The lowest BCUT2D eigenvalue weighted by molar-refractivity contribution is -0.131. The molecule has 160 valence electrons. The molecule has 30 heavy (non-hydrogen) atoms. The van der Waals surface area contributed by atoms with Gasteiger partial charge in [-0.05, 0) is 25.0 Å². The molecule has 1 aromatic carbocycles. The Morgan fingerprint density at radius 2 is 1.80 bits per heavy atom. The quantitative estimate of drug-likeness (QED) is 0.686. The first kappa shape index (κ1) is 20.2. The molecule has 0 atom stereocenters. The molecule has 0 radical (unpaired) electrons. The number of rotatable bonds is 7. The van der Waals surface area contributed by atoms with Crippen molar-refractivity contribution in [1.82, 2.24) is 15.3 Å². The third kappa shape index (κ3) is 4.55. The third-order valence-electron chi connectivity index (χ3n) is 5.00. The summed E-state index contributed by atoms with van der Waals surface area (Å²) >= 11 is 0. The summed E-state index contributed by atoms with van der Waals surface area (Å²) in [5, 5.41) is 2.91. The van der Waals surface area contributed by atoms with E-state index in [1.807, 2.05) is 4.90 Å². The SMILES string of the molecule is O=C(NC1CN(c2ncc(F)cn2)C1)C1CC(Oc2cc(F)ccc2OC(F)F)C1. The number of carbonyl (C=O) groups is 1. The van der Waals surface area contributed by atoms with E-state index in [4.69, 9.17) is 4.74 Å². The lowest BCUT2D eigenvalue weighted by Crippen LogP contribution is -2.61. The fourth-order valence-electron chi connectivity index (χ4n) is 3.34. The van der Waals surface area contributed by atoms with Crippen LogP contribution in [-0.4, -0.2) is 47.7 Å². The minimum absolute atomic E-state index is 0.0691. The minimum Gasteiger partial charge on any atom is -0.486 e. The van der Waals surface area contributed by atoms with Crippen LogP contribution in [-0.2, 0) is 4.79 Å². The highest BCUT2D eigenvalue weighted by atomic mass is 19.3. The van der Waals surface area contributed by atoms with Crippen LogP contribution < -0.4 is 19.7 Å². The second-order valence-corrected chi connectivity index (χ2v) is 7.19. The Labute approximate surface area is 169 Å². The van der Waals surface area contributed by atoms with Crippen LogP contribution in [0.1, 0.15) is 12.8 Å². The molecule has 2 heterocycles. The second-order valence-electron chi connectivity index (χ2n) is 7.19. The molecule has 1 saturated heterocycles. The first-order valence-electron chi connectivity index (χ1n) is 9.31. The van der Waals surface area contributed by atoms with Gasteiger partial charge in [0.2, 0.25) is 11.9 Å². The van der Waals surface area contributed by atoms with Crippen molar-refractivity contribution in [3.8, 4) is 11.5 Å². The lowest BCUT2D eigenvalue weighted by Gasteiger charge is -2.41. The van der Waals surface area contributed by atoms with Gasteiger partial charge in [0.25, 0.3) is 0 Å². The van der Waals surface area contributed by atoms with Crippen LogP contribution in [0.3, 0.4) is 0 Å². The zero-order valence-corrected chi connectivity index (χ0v) is 15.6. The number of anilines is 1. The Hall–Kier alpha value is -3.11. The number of alkyl halides is 2. The van der Waals surface area contributed by atoms with Crippen LogP contribution in [0.2, 0.25) is 0 Å². The van der Waals surface area contributed by atoms with E-state index < -0.39 is 24.3 Å². The summed E-state index contributed by atoms with van der Waals surface area (Å²) in [4.78, 5) is 21.9. The van der Waals surface area contributed by atoms with E-state index in [9.17, 15) is 22.4 Å². The average molecular weight is 426 g/mol. The van der Waals surface area contributed by atoms with E-state index in [0.717, 1.165) is 30.6 Å². The Kier molecular flexibility index (Phi) is 5.60. The Balaban J connectivity index is 1.22. The number of carbonyl (C=O) groups excluding carboxylic acids is 1. The van der Waals surface area contributed by atoms with Crippen molar-refractivity contribution in [1.29, 1.82) is 0 Å². The predicted octanol–water partition coefficient (Wildman–Crippen LogP) is 2.52.